The summed E-state index contributed by atoms with van der Waals surface area (Å²) < 4.78 is 0. The van der Waals surface area contributed by atoms with Crippen molar-refractivity contribution in [3.63, 3.8) is 0 Å². The molecule has 2 atom stereocenters. The number of anilines is 1. The Kier molecular flexibility index (Phi) is 8.10. The Morgan fingerprint density at radius 1 is 0.949 bits per heavy atom. The van der Waals surface area contributed by atoms with Crippen LogP contribution in [-0.2, 0) is 16.0 Å². The number of carbonyl (C=O) groups is 3. The van der Waals surface area contributed by atoms with E-state index in [1.54, 1.807) is 48.5 Å². The largest absolute Gasteiger partial charge is 0.508 e. The van der Waals surface area contributed by atoms with Gasteiger partial charge in [-0.2, -0.15) is 0 Å². The molecular weight excluding hydrogens is 537 g/mol. The predicted octanol–water partition coefficient (Wildman–Crippen LogP) is 5.89. The lowest BCUT2D eigenvalue weighted by molar-refractivity contribution is -0.129. The maximum absolute atomic E-state index is 14.3. The zero-order chi connectivity index (χ0) is 27.5. The highest BCUT2D eigenvalue weighted by Gasteiger charge is 2.43. The summed E-state index contributed by atoms with van der Waals surface area (Å²) in [7, 11) is 0. The third kappa shape index (κ3) is 6.05. The summed E-state index contributed by atoms with van der Waals surface area (Å²) in [6, 6.07) is 15.8. The Morgan fingerprint density at radius 3 is 2.31 bits per heavy atom. The number of hydrogen-bond donors (Lipinski definition) is 3. The summed E-state index contributed by atoms with van der Waals surface area (Å²) in [5.41, 5.74) is 1.79. The quantitative estimate of drug-likeness (QED) is 0.346. The molecule has 3 amide bonds. The molecule has 202 valence electrons. The van der Waals surface area contributed by atoms with Crippen LogP contribution in [-0.4, -0.2) is 39.8 Å². The highest BCUT2D eigenvalue weighted by molar-refractivity contribution is 6.31. The number of hydrogen-bond acceptors (Lipinski definition) is 4. The second-order valence-corrected chi connectivity index (χ2v) is 10.9. The molecule has 0 radical (unpaired) electrons. The number of aromatic hydroxyl groups is 1. The molecule has 3 aromatic rings. The molecule has 0 spiro atoms. The number of benzene rings is 3. The van der Waals surface area contributed by atoms with Crippen molar-refractivity contribution >= 4 is 46.6 Å². The van der Waals surface area contributed by atoms with Crippen molar-refractivity contribution in [2.45, 2.75) is 56.7 Å². The highest BCUT2D eigenvalue weighted by atomic mass is 35.5. The summed E-state index contributed by atoms with van der Waals surface area (Å²) in [4.78, 5) is 43.5. The van der Waals surface area contributed by atoms with E-state index >= 15 is 0 Å². The third-order valence-electron chi connectivity index (χ3n) is 7.37. The average Bonchev–Trinajstić information content (AvgIpc) is 3.01. The van der Waals surface area contributed by atoms with E-state index in [1.807, 2.05) is 0 Å². The Bertz CT molecular complexity index is 1370. The molecule has 0 saturated heterocycles. The van der Waals surface area contributed by atoms with E-state index in [4.69, 9.17) is 23.2 Å². The van der Waals surface area contributed by atoms with Crippen LogP contribution in [0.5, 0.6) is 5.75 Å². The van der Waals surface area contributed by atoms with Gasteiger partial charge in [-0.1, -0.05) is 66.7 Å². The lowest BCUT2D eigenvalue weighted by Gasteiger charge is -2.36. The van der Waals surface area contributed by atoms with E-state index in [0.717, 1.165) is 37.7 Å². The van der Waals surface area contributed by atoms with Crippen LogP contribution < -0.4 is 10.6 Å². The Balaban J connectivity index is 1.62. The SMILES string of the molecule is O=C1Nc2cc(Cl)ccc2C(=O)N(C(C(=O)NC2CCCCC2)c2ccc(Cl)cc2)C1Cc1ccc(O)cc1. The predicted molar refractivity (Wildman–Crippen MR) is 151 cm³/mol. The first-order valence-electron chi connectivity index (χ1n) is 13.1. The maximum Gasteiger partial charge on any atom is 0.257 e. The van der Waals surface area contributed by atoms with Gasteiger partial charge in [0.2, 0.25) is 11.8 Å². The van der Waals surface area contributed by atoms with Gasteiger partial charge in [0, 0.05) is 22.5 Å². The fourth-order valence-corrected chi connectivity index (χ4v) is 5.68. The van der Waals surface area contributed by atoms with Crippen molar-refractivity contribution in [1.29, 1.82) is 0 Å². The molecule has 39 heavy (non-hydrogen) atoms. The molecule has 1 saturated carbocycles. The van der Waals surface area contributed by atoms with Gasteiger partial charge in [0.05, 0.1) is 11.3 Å². The van der Waals surface area contributed by atoms with Gasteiger partial charge in [-0.05, 0) is 66.4 Å². The fraction of sp³-hybridized carbons (Fsp3) is 0.300. The van der Waals surface area contributed by atoms with Crippen molar-refractivity contribution in [2.75, 3.05) is 5.32 Å². The Labute approximate surface area is 237 Å². The molecule has 2 aliphatic rings. The van der Waals surface area contributed by atoms with Crippen LogP contribution in [0.2, 0.25) is 10.0 Å². The summed E-state index contributed by atoms with van der Waals surface area (Å²) >= 11 is 12.4. The zero-order valence-electron chi connectivity index (χ0n) is 21.2. The molecule has 1 heterocycles. The highest BCUT2D eigenvalue weighted by Crippen LogP contribution is 2.34. The van der Waals surface area contributed by atoms with Crippen molar-refractivity contribution in [3.05, 3.63) is 93.5 Å². The molecule has 3 aromatic carbocycles. The summed E-state index contributed by atoms with van der Waals surface area (Å²) in [6.07, 6.45) is 5.04. The van der Waals surface area contributed by atoms with Gasteiger partial charge in [0.1, 0.15) is 17.8 Å². The molecule has 3 N–H and O–H groups in total. The van der Waals surface area contributed by atoms with Gasteiger partial charge >= 0.3 is 0 Å². The molecule has 0 aromatic heterocycles. The van der Waals surface area contributed by atoms with Gasteiger partial charge in [0.25, 0.3) is 5.91 Å². The van der Waals surface area contributed by atoms with Crippen LogP contribution in [0.3, 0.4) is 0 Å². The van der Waals surface area contributed by atoms with Crippen molar-refractivity contribution in [2.24, 2.45) is 0 Å². The fourth-order valence-electron chi connectivity index (χ4n) is 5.38. The molecular formula is C30H29Cl2N3O4. The molecule has 0 bridgehead atoms. The summed E-state index contributed by atoms with van der Waals surface area (Å²) in [5.74, 6) is -1.17. The third-order valence-corrected chi connectivity index (χ3v) is 7.86. The van der Waals surface area contributed by atoms with Crippen LogP contribution in [0.1, 0.15) is 59.6 Å². The number of halogens is 2. The van der Waals surface area contributed by atoms with E-state index in [-0.39, 0.29) is 29.7 Å². The number of nitrogens with one attached hydrogen (secondary N) is 2. The van der Waals surface area contributed by atoms with Gasteiger partial charge in [-0.25, -0.2) is 0 Å². The second-order valence-electron chi connectivity index (χ2n) is 10.1. The van der Waals surface area contributed by atoms with Crippen LogP contribution >= 0.6 is 23.2 Å². The van der Waals surface area contributed by atoms with Crippen LogP contribution in [0.25, 0.3) is 0 Å². The lowest BCUT2D eigenvalue weighted by Crippen LogP contribution is -2.53. The first-order chi connectivity index (χ1) is 18.8. The number of amides is 3. The first kappa shape index (κ1) is 27.0. The van der Waals surface area contributed by atoms with Gasteiger partial charge in [-0.3, -0.25) is 14.4 Å². The summed E-state index contributed by atoms with van der Waals surface area (Å²) in [5, 5.41) is 16.6. The minimum Gasteiger partial charge on any atom is -0.508 e. The van der Waals surface area contributed by atoms with Crippen molar-refractivity contribution < 1.29 is 19.5 Å². The van der Waals surface area contributed by atoms with E-state index < -0.39 is 23.9 Å². The number of phenolic OH excluding ortho intramolecular Hbond substituents is 1. The molecule has 2 unspecified atom stereocenters. The smallest absolute Gasteiger partial charge is 0.257 e. The van der Waals surface area contributed by atoms with Gasteiger partial charge in [0.15, 0.2) is 0 Å². The Morgan fingerprint density at radius 2 is 1.62 bits per heavy atom. The van der Waals surface area contributed by atoms with Gasteiger partial charge < -0.3 is 20.6 Å². The number of rotatable bonds is 6. The number of nitrogens with zero attached hydrogens (tertiary/aromatic N) is 1. The van der Waals surface area contributed by atoms with E-state index in [1.165, 1.54) is 23.1 Å². The van der Waals surface area contributed by atoms with Crippen LogP contribution in [0, 0.1) is 0 Å². The molecule has 1 aliphatic carbocycles. The molecule has 7 nitrogen and oxygen atoms in total. The van der Waals surface area contributed by atoms with Crippen LogP contribution in [0.4, 0.5) is 5.69 Å². The molecule has 5 rings (SSSR count). The zero-order valence-corrected chi connectivity index (χ0v) is 22.7. The minimum atomic E-state index is -1.09. The lowest BCUT2D eigenvalue weighted by atomic mass is 9.93. The Hall–Kier alpha value is -3.55. The minimum absolute atomic E-state index is 0.00130. The van der Waals surface area contributed by atoms with Crippen molar-refractivity contribution in [1.82, 2.24) is 10.2 Å². The van der Waals surface area contributed by atoms with E-state index in [9.17, 15) is 19.5 Å². The molecule has 1 aliphatic heterocycles. The van der Waals surface area contributed by atoms with E-state index in [0.29, 0.717) is 21.3 Å². The summed E-state index contributed by atoms with van der Waals surface area (Å²) in [6.45, 7) is 0. The maximum atomic E-state index is 14.3. The number of fused-ring (bicyclic) bond motifs is 1. The molecule has 9 heteroatoms. The van der Waals surface area contributed by atoms with Gasteiger partial charge in [-0.15, -0.1) is 0 Å². The standard InChI is InChI=1S/C30H29Cl2N3O4/c31-20-10-8-19(9-11-20)27(29(38)33-22-4-2-1-3-5-22)35-26(16-18-6-13-23(36)14-7-18)28(37)34-25-17-21(32)12-15-24(25)30(35)39/h6-15,17,22,26-27,36H,1-5,16H2,(H,33,38)(H,34,37). The topological polar surface area (TPSA) is 98.7 Å². The van der Waals surface area contributed by atoms with E-state index in [2.05, 4.69) is 10.6 Å². The first-order valence-corrected chi connectivity index (χ1v) is 13.8. The molecule has 1 fully saturated rings. The van der Waals surface area contributed by atoms with Crippen LogP contribution in [0.15, 0.2) is 66.7 Å². The van der Waals surface area contributed by atoms with Crippen molar-refractivity contribution in [3.8, 4) is 5.75 Å². The normalized spacial score (nSPS) is 18.6. The number of carbonyl (C=O) groups excluding carboxylic acids is 3. The second kappa shape index (κ2) is 11.7. The average molecular weight is 566 g/mol. The monoisotopic (exact) mass is 565 g/mol. The number of phenols is 1.